The maximum absolute atomic E-state index is 14.1. The monoisotopic (exact) mass is 497 g/mol. The SMILES string of the molecule is CCCCN(C(=O)CN(C)Cc1cc(Br)ccc1F)c1c(N)n(CCC)c(=O)[nH]c1=O. The molecule has 0 saturated carbocycles. The first-order valence-corrected chi connectivity index (χ1v) is 11.0. The second kappa shape index (κ2) is 11.2. The van der Waals surface area contributed by atoms with Gasteiger partial charge in [0.1, 0.15) is 11.6 Å². The maximum Gasteiger partial charge on any atom is 0.330 e. The van der Waals surface area contributed by atoms with E-state index >= 15 is 0 Å². The van der Waals surface area contributed by atoms with Crippen LogP contribution in [0.3, 0.4) is 0 Å². The fourth-order valence-corrected chi connectivity index (χ4v) is 3.70. The molecular formula is C21H29BrFN5O3. The number of aromatic nitrogens is 2. The van der Waals surface area contributed by atoms with E-state index in [4.69, 9.17) is 5.73 Å². The summed E-state index contributed by atoms with van der Waals surface area (Å²) in [4.78, 5) is 43.1. The molecule has 0 unspecified atom stereocenters. The number of unbranched alkanes of at least 4 members (excludes halogenated alkanes) is 1. The predicted molar refractivity (Wildman–Crippen MR) is 124 cm³/mol. The van der Waals surface area contributed by atoms with E-state index in [9.17, 15) is 18.8 Å². The summed E-state index contributed by atoms with van der Waals surface area (Å²) in [5.41, 5.74) is 5.28. The molecule has 170 valence electrons. The molecule has 0 aliphatic rings. The minimum Gasteiger partial charge on any atom is -0.383 e. The fourth-order valence-electron chi connectivity index (χ4n) is 3.29. The van der Waals surface area contributed by atoms with Gasteiger partial charge in [-0.25, -0.2) is 9.18 Å². The molecule has 2 rings (SSSR count). The maximum atomic E-state index is 14.1. The molecule has 0 spiro atoms. The molecule has 0 saturated heterocycles. The highest BCUT2D eigenvalue weighted by atomic mass is 79.9. The van der Waals surface area contributed by atoms with Crippen molar-refractivity contribution in [2.24, 2.45) is 0 Å². The Bertz CT molecular complexity index is 1040. The Kier molecular flexibility index (Phi) is 9.00. The summed E-state index contributed by atoms with van der Waals surface area (Å²) >= 11 is 3.32. The van der Waals surface area contributed by atoms with E-state index in [1.165, 1.54) is 15.5 Å². The van der Waals surface area contributed by atoms with Crippen LogP contribution in [0.2, 0.25) is 0 Å². The average Bonchev–Trinajstić information content (AvgIpc) is 2.70. The molecule has 0 bridgehead atoms. The lowest BCUT2D eigenvalue weighted by Crippen LogP contribution is -2.45. The van der Waals surface area contributed by atoms with Gasteiger partial charge in [0.15, 0.2) is 5.69 Å². The molecule has 31 heavy (non-hydrogen) atoms. The summed E-state index contributed by atoms with van der Waals surface area (Å²) in [6.45, 7) is 4.61. The Morgan fingerprint density at radius 2 is 1.97 bits per heavy atom. The molecule has 2 aromatic rings. The number of anilines is 2. The molecule has 0 radical (unpaired) electrons. The summed E-state index contributed by atoms with van der Waals surface area (Å²) in [5, 5.41) is 0. The Hall–Kier alpha value is -2.46. The zero-order valence-corrected chi connectivity index (χ0v) is 19.7. The number of aromatic amines is 1. The summed E-state index contributed by atoms with van der Waals surface area (Å²) in [6, 6.07) is 4.63. The van der Waals surface area contributed by atoms with E-state index in [1.54, 1.807) is 24.1 Å². The third-order valence-corrected chi connectivity index (χ3v) is 5.31. The standard InChI is InChI=1S/C21H29BrFN5O3/c1-4-6-10-27(18-19(24)28(9-5-2)21(31)25-20(18)30)17(29)13-26(3)12-14-11-15(22)7-8-16(14)23/h7-8,11H,4-6,9-10,12-13,24H2,1-3H3,(H,25,30,31). The Balaban J connectivity index is 2.33. The van der Waals surface area contributed by atoms with E-state index in [0.717, 1.165) is 10.9 Å². The molecule has 0 atom stereocenters. The lowest BCUT2D eigenvalue weighted by atomic mass is 10.2. The number of amides is 1. The van der Waals surface area contributed by atoms with Crippen LogP contribution in [-0.4, -0.2) is 40.5 Å². The predicted octanol–water partition coefficient (Wildman–Crippen LogP) is 2.70. The number of hydrogen-bond donors (Lipinski definition) is 2. The number of nitrogen functional groups attached to an aromatic ring is 1. The highest BCUT2D eigenvalue weighted by Gasteiger charge is 2.24. The van der Waals surface area contributed by atoms with Gasteiger partial charge in [-0.05, 0) is 38.1 Å². The van der Waals surface area contributed by atoms with Crippen molar-refractivity contribution in [1.82, 2.24) is 14.5 Å². The van der Waals surface area contributed by atoms with Crippen LogP contribution in [0.25, 0.3) is 0 Å². The van der Waals surface area contributed by atoms with Gasteiger partial charge < -0.3 is 10.6 Å². The highest BCUT2D eigenvalue weighted by molar-refractivity contribution is 9.10. The van der Waals surface area contributed by atoms with Crippen LogP contribution >= 0.6 is 15.9 Å². The van der Waals surface area contributed by atoms with Crippen LogP contribution in [0, 0.1) is 5.82 Å². The summed E-state index contributed by atoms with van der Waals surface area (Å²) in [5.74, 6) is -0.747. The molecule has 0 aliphatic heterocycles. The van der Waals surface area contributed by atoms with Gasteiger partial charge in [-0.1, -0.05) is 36.2 Å². The average molecular weight is 498 g/mol. The number of likely N-dealkylation sites (N-methyl/N-ethyl adjacent to an activating group) is 1. The minimum atomic E-state index is -0.694. The summed E-state index contributed by atoms with van der Waals surface area (Å²) in [6.07, 6.45) is 2.09. The topological polar surface area (TPSA) is 104 Å². The zero-order chi connectivity index (χ0) is 23.1. The Labute approximate surface area is 189 Å². The third-order valence-electron chi connectivity index (χ3n) is 4.82. The molecule has 1 aromatic heterocycles. The van der Waals surface area contributed by atoms with Crippen molar-refractivity contribution in [2.75, 3.05) is 30.8 Å². The van der Waals surface area contributed by atoms with Crippen LogP contribution < -0.4 is 21.9 Å². The Morgan fingerprint density at radius 1 is 1.26 bits per heavy atom. The van der Waals surface area contributed by atoms with Gasteiger partial charge in [0.25, 0.3) is 5.56 Å². The molecule has 8 nitrogen and oxygen atoms in total. The van der Waals surface area contributed by atoms with Crippen LogP contribution in [0.5, 0.6) is 0 Å². The minimum absolute atomic E-state index is 0.0199. The number of nitrogens with zero attached hydrogens (tertiary/aromatic N) is 3. The van der Waals surface area contributed by atoms with Gasteiger partial charge in [-0.15, -0.1) is 0 Å². The van der Waals surface area contributed by atoms with Gasteiger partial charge in [0, 0.05) is 29.7 Å². The third kappa shape index (κ3) is 6.27. The van der Waals surface area contributed by atoms with Gasteiger partial charge in [-0.2, -0.15) is 0 Å². The summed E-state index contributed by atoms with van der Waals surface area (Å²) in [7, 11) is 1.70. The number of nitrogens with two attached hydrogens (primary N) is 1. The van der Waals surface area contributed by atoms with Crippen molar-refractivity contribution >= 4 is 33.3 Å². The van der Waals surface area contributed by atoms with E-state index in [0.29, 0.717) is 24.9 Å². The normalized spacial score (nSPS) is 11.2. The van der Waals surface area contributed by atoms with Crippen molar-refractivity contribution in [3.8, 4) is 0 Å². The fraction of sp³-hybridized carbons (Fsp3) is 0.476. The lowest BCUT2D eigenvalue weighted by molar-refractivity contribution is -0.119. The first-order valence-electron chi connectivity index (χ1n) is 10.2. The first-order chi connectivity index (χ1) is 14.7. The molecule has 3 N–H and O–H groups in total. The van der Waals surface area contributed by atoms with Crippen LogP contribution in [-0.2, 0) is 17.9 Å². The van der Waals surface area contributed by atoms with Crippen LogP contribution in [0.15, 0.2) is 32.3 Å². The van der Waals surface area contributed by atoms with Gasteiger partial charge in [-0.3, -0.25) is 24.0 Å². The highest BCUT2D eigenvalue weighted by Crippen LogP contribution is 2.20. The second-order valence-corrected chi connectivity index (χ2v) is 8.37. The number of nitrogens with one attached hydrogen (secondary N) is 1. The molecule has 0 aliphatic carbocycles. The Morgan fingerprint density at radius 3 is 2.61 bits per heavy atom. The quantitative estimate of drug-likeness (QED) is 0.524. The number of benzene rings is 1. The lowest BCUT2D eigenvalue weighted by Gasteiger charge is -2.26. The molecule has 1 amide bonds. The van der Waals surface area contributed by atoms with Gasteiger partial charge in [0.2, 0.25) is 5.91 Å². The van der Waals surface area contributed by atoms with Crippen LogP contribution in [0.4, 0.5) is 15.9 Å². The number of hydrogen-bond acceptors (Lipinski definition) is 5. The molecule has 0 fully saturated rings. The molecule has 10 heteroatoms. The molecular weight excluding hydrogens is 469 g/mol. The van der Waals surface area contributed by atoms with Crippen molar-refractivity contribution in [1.29, 1.82) is 0 Å². The number of carbonyl (C=O) groups is 1. The van der Waals surface area contributed by atoms with Crippen LogP contribution in [0.1, 0.15) is 38.7 Å². The summed E-state index contributed by atoms with van der Waals surface area (Å²) < 4.78 is 16.1. The van der Waals surface area contributed by atoms with Gasteiger partial charge >= 0.3 is 5.69 Å². The van der Waals surface area contributed by atoms with E-state index in [2.05, 4.69) is 20.9 Å². The van der Waals surface area contributed by atoms with Crippen molar-refractivity contribution in [2.45, 2.75) is 46.2 Å². The van der Waals surface area contributed by atoms with E-state index < -0.39 is 11.2 Å². The van der Waals surface area contributed by atoms with E-state index in [-0.39, 0.29) is 42.9 Å². The van der Waals surface area contributed by atoms with Crippen molar-refractivity contribution in [3.63, 3.8) is 0 Å². The molecule has 1 aromatic carbocycles. The number of rotatable bonds is 10. The van der Waals surface area contributed by atoms with Gasteiger partial charge in [0.05, 0.1) is 6.54 Å². The largest absolute Gasteiger partial charge is 0.383 e. The first kappa shape index (κ1) is 24.8. The zero-order valence-electron chi connectivity index (χ0n) is 18.1. The number of carbonyl (C=O) groups excluding carboxylic acids is 1. The number of halogens is 2. The smallest absolute Gasteiger partial charge is 0.330 e. The second-order valence-electron chi connectivity index (χ2n) is 7.45. The number of H-pyrrole nitrogens is 1. The molecule has 1 heterocycles. The van der Waals surface area contributed by atoms with Crippen molar-refractivity contribution in [3.05, 3.63) is 54.9 Å². The van der Waals surface area contributed by atoms with E-state index in [1.807, 2.05) is 13.8 Å². The van der Waals surface area contributed by atoms with Crippen molar-refractivity contribution < 1.29 is 9.18 Å².